The molecule has 0 saturated carbocycles. The van der Waals surface area contributed by atoms with E-state index >= 15 is 0 Å². The van der Waals surface area contributed by atoms with E-state index in [1.54, 1.807) is 12.5 Å². The highest BCUT2D eigenvalue weighted by Gasteiger charge is 2.20. The Hall–Kier alpha value is -3.84. The number of hydrogen-bond acceptors (Lipinski definition) is 5. The van der Waals surface area contributed by atoms with Crippen LogP contribution in [0.5, 0.6) is 0 Å². The van der Waals surface area contributed by atoms with Crippen molar-refractivity contribution in [2.75, 3.05) is 31.1 Å². The van der Waals surface area contributed by atoms with Gasteiger partial charge in [0.05, 0.1) is 5.52 Å². The third-order valence-electron chi connectivity index (χ3n) is 6.37. The fourth-order valence-corrected chi connectivity index (χ4v) is 4.62. The first-order valence-electron chi connectivity index (χ1n) is 11.1. The third-order valence-corrected chi connectivity index (χ3v) is 6.37. The van der Waals surface area contributed by atoms with Gasteiger partial charge in [0, 0.05) is 61.5 Å². The minimum Gasteiger partial charge on any atom is -0.353 e. The predicted octanol–water partition coefficient (Wildman–Crippen LogP) is 4.63. The van der Waals surface area contributed by atoms with Crippen molar-refractivity contribution in [1.82, 2.24) is 24.8 Å². The number of pyridine rings is 1. The number of nitrogens with zero attached hydrogens (tertiary/aromatic N) is 5. The van der Waals surface area contributed by atoms with Crippen LogP contribution in [0.15, 0.2) is 73.3 Å². The highest BCUT2D eigenvalue weighted by molar-refractivity contribution is 5.98. The first kappa shape index (κ1) is 19.8. The molecule has 0 bridgehead atoms. The minimum absolute atomic E-state index is 0.192. The van der Waals surface area contributed by atoms with E-state index in [0.717, 1.165) is 77.2 Å². The Labute approximate surface area is 190 Å². The lowest BCUT2D eigenvalue weighted by Crippen LogP contribution is -2.46. The second kappa shape index (κ2) is 8.26. The van der Waals surface area contributed by atoms with Gasteiger partial charge >= 0.3 is 0 Å². The molecule has 5 aromatic rings. The van der Waals surface area contributed by atoms with Crippen LogP contribution in [0.1, 0.15) is 5.56 Å². The summed E-state index contributed by atoms with van der Waals surface area (Å²) in [6.45, 7) is 4.45. The summed E-state index contributed by atoms with van der Waals surface area (Å²) < 4.78 is 13.2. The monoisotopic (exact) mass is 438 g/mol. The lowest BCUT2D eigenvalue weighted by molar-refractivity contribution is 0.249. The number of benzene rings is 2. The van der Waals surface area contributed by atoms with Crippen molar-refractivity contribution in [1.29, 1.82) is 0 Å². The van der Waals surface area contributed by atoms with E-state index < -0.39 is 0 Å². The maximum Gasteiger partial charge on any atom is 0.139 e. The second-order valence-electron chi connectivity index (χ2n) is 8.42. The van der Waals surface area contributed by atoms with Gasteiger partial charge in [0.2, 0.25) is 0 Å². The number of piperazine rings is 1. The van der Waals surface area contributed by atoms with Crippen molar-refractivity contribution in [2.24, 2.45) is 0 Å². The molecular weight excluding hydrogens is 415 g/mol. The molecule has 6 nitrogen and oxygen atoms in total. The number of rotatable bonds is 4. The van der Waals surface area contributed by atoms with Gasteiger partial charge < -0.3 is 9.88 Å². The van der Waals surface area contributed by atoms with Crippen molar-refractivity contribution in [3.63, 3.8) is 0 Å². The molecule has 4 heterocycles. The molecule has 1 fully saturated rings. The van der Waals surface area contributed by atoms with E-state index in [0.29, 0.717) is 0 Å². The van der Waals surface area contributed by atoms with Gasteiger partial charge in [0.25, 0.3) is 0 Å². The van der Waals surface area contributed by atoms with Gasteiger partial charge in [-0.15, -0.1) is 0 Å². The highest BCUT2D eigenvalue weighted by atomic mass is 19.1. The van der Waals surface area contributed by atoms with Crippen LogP contribution in [-0.2, 0) is 6.54 Å². The average Bonchev–Trinajstić information content (AvgIpc) is 3.30. The van der Waals surface area contributed by atoms with Crippen LogP contribution in [0.4, 0.5) is 10.2 Å². The summed E-state index contributed by atoms with van der Waals surface area (Å²) in [6.07, 6.45) is 5.46. The Bertz CT molecular complexity index is 1420. The van der Waals surface area contributed by atoms with Crippen LogP contribution in [-0.4, -0.2) is 51.0 Å². The molecule has 164 valence electrons. The van der Waals surface area contributed by atoms with Crippen molar-refractivity contribution in [3.05, 3.63) is 84.7 Å². The zero-order valence-electron chi connectivity index (χ0n) is 18.1. The molecule has 1 aliphatic rings. The lowest BCUT2D eigenvalue weighted by atomic mass is 10.0. The fraction of sp³-hybridized carbons (Fsp3) is 0.192. The molecule has 7 heteroatoms. The summed E-state index contributed by atoms with van der Waals surface area (Å²) in [7, 11) is 0. The summed E-state index contributed by atoms with van der Waals surface area (Å²) in [5.74, 6) is 0.781. The normalized spacial score (nSPS) is 14.9. The van der Waals surface area contributed by atoms with Crippen LogP contribution in [0, 0.1) is 5.82 Å². The van der Waals surface area contributed by atoms with Gasteiger partial charge in [0.15, 0.2) is 0 Å². The standard InChI is InChI=1S/C26H23FN6/c27-20-6-3-18(4-7-20)16-32-10-12-33(13-11-32)26-22-14-19(5-8-24(22)30-17-31-26)23-15-29-25-21(23)2-1-9-28-25/h1-9,14-15,17H,10-13,16H2,(H,28,29). The summed E-state index contributed by atoms with van der Waals surface area (Å²) in [5.41, 5.74) is 5.20. The average molecular weight is 439 g/mol. The Morgan fingerprint density at radius 2 is 1.73 bits per heavy atom. The van der Waals surface area contributed by atoms with Gasteiger partial charge in [-0.1, -0.05) is 18.2 Å². The summed E-state index contributed by atoms with van der Waals surface area (Å²) in [4.78, 5) is 21.6. The lowest BCUT2D eigenvalue weighted by Gasteiger charge is -2.35. The molecule has 0 radical (unpaired) electrons. The van der Waals surface area contributed by atoms with Crippen molar-refractivity contribution < 1.29 is 4.39 Å². The Balaban J connectivity index is 1.26. The maximum absolute atomic E-state index is 13.2. The van der Waals surface area contributed by atoms with E-state index in [-0.39, 0.29) is 5.82 Å². The summed E-state index contributed by atoms with van der Waals surface area (Å²) in [5, 5.41) is 2.16. The second-order valence-corrected chi connectivity index (χ2v) is 8.42. The number of halogens is 1. The van der Waals surface area contributed by atoms with E-state index in [9.17, 15) is 4.39 Å². The van der Waals surface area contributed by atoms with Crippen LogP contribution in [0.25, 0.3) is 33.1 Å². The van der Waals surface area contributed by atoms with Crippen molar-refractivity contribution >= 4 is 27.8 Å². The van der Waals surface area contributed by atoms with Gasteiger partial charge in [-0.05, 0) is 47.5 Å². The molecule has 0 aliphatic carbocycles. The largest absolute Gasteiger partial charge is 0.353 e. The molecule has 0 unspecified atom stereocenters. The SMILES string of the molecule is Fc1ccc(CN2CCN(c3ncnc4ccc(-c5c[nH]c6ncccc56)cc34)CC2)cc1. The van der Waals surface area contributed by atoms with E-state index in [1.807, 2.05) is 24.4 Å². The molecule has 3 aromatic heterocycles. The van der Waals surface area contributed by atoms with Crippen LogP contribution < -0.4 is 4.90 Å². The topological polar surface area (TPSA) is 60.9 Å². The summed E-state index contributed by atoms with van der Waals surface area (Å²) in [6, 6.07) is 17.2. The fourth-order valence-electron chi connectivity index (χ4n) is 4.62. The number of aromatic nitrogens is 4. The summed E-state index contributed by atoms with van der Waals surface area (Å²) >= 11 is 0. The van der Waals surface area contributed by atoms with Crippen LogP contribution >= 0.6 is 0 Å². The Morgan fingerprint density at radius 1 is 0.879 bits per heavy atom. The number of H-pyrrole nitrogens is 1. The highest BCUT2D eigenvalue weighted by Crippen LogP contribution is 2.32. The number of hydrogen-bond donors (Lipinski definition) is 1. The number of anilines is 1. The molecule has 0 amide bonds. The van der Waals surface area contributed by atoms with E-state index in [2.05, 4.69) is 54.0 Å². The number of nitrogens with one attached hydrogen (secondary N) is 1. The third kappa shape index (κ3) is 3.81. The molecule has 0 spiro atoms. The van der Waals surface area contributed by atoms with Crippen molar-refractivity contribution in [3.8, 4) is 11.1 Å². The first-order valence-corrected chi connectivity index (χ1v) is 11.1. The molecule has 6 rings (SSSR count). The molecule has 1 N–H and O–H groups in total. The quantitative estimate of drug-likeness (QED) is 0.443. The van der Waals surface area contributed by atoms with Crippen LogP contribution in [0.3, 0.4) is 0 Å². The number of fused-ring (bicyclic) bond motifs is 2. The van der Waals surface area contributed by atoms with Gasteiger partial charge in [-0.2, -0.15) is 0 Å². The van der Waals surface area contributed by atoms with Gasteiger partial charge in [0.1, 0.15) is 23.6 Å². The smallest absolute Gasteiger partial charge is 0.139 e. The predicted molar refractivity (Wildman–Crippen MR) is 129 cm³/mol. The Kier molecular flexibility index (Phi) is 4.96. The molecule has 1 aliphatic heterocycles. The zero-order valence-corrected chi connectivity index (χ0v) is 18.1. The molecule has 1 saturated heterocycles. The zero-order chi connectivity index (χ0) is 22.2. The van der Waals surface area contributed by atoms with Crippen LogP contribution in [0.2, 0.25) is 0 Å². The molecule has 0 atom stereocenters. The number of aromatic amines is 1. The molecule has 2 aromatic carbocycles. The minimum atomic E-state index is -0.192. The molecule has 33 heavy (non-hydrogen) atoms. The van der Waals surface area contributed by atoms with E-state index in [4.69, 9.17) is 0 Å². The maximum atomic E-state index is 13.2. The molecular formula is C26H23FN6. The first-order chi connectivity index (χ1) is 16.2. The van der Waals surface area contributed by atoms with E-state index in [1.165, 1.54) is 12.1 Å². The van der Waals surface area contributed by atoms with Crippen molar-refractivity contribution in [2.45, 2.75) is 6.54 Å². The van der Waals surface area contributed by atoms with Gasteiger partial charge in [-0.25, -0.2) is 19.3 Å². The Morgan fingerprint density at radius 3 is 2.58 bits per heavy atom. The van der Waals surface area contributed by atoms with Gasteiger partial charge in [-0.3, -0.25) is 4.90 Å².